The third-order valence-electron chi connectivity index (χ3n) is 5.99. The molecule has 0 bridgehead atoms. The fourth-order valence-electron chi connectivity index (χ4n) is 4.26. The van der Waals surface area contributed by atoms with Gasteiger partial charge in [-0.05, 0) is 29.8 Å². The number of ketones is 1. The van der Waals surface area contributed by atoms with Crippen molar-refractivity contribution in [1.82, 2.24) is 0 Å². The number of rotatable bonds is 11. The molecule has 13 nitrogen and oxygen atoms in total. The van der Waals surface area contributed by atoms with Gasteiger partial charge in [-0.25, -0.2) is 0 Å². The van der Waals surface area contributed by atoms with Crippen molar-refractivity contribution in [3.63, 3.8) is 0 Å². The first kappa shape index (κ1) is 31.9. The van der Waals surface area contributed by atoms with Gasteiger partial charge in [0.1, 0.15) is 30.0 Å². The summed E-state index contributed by atoms with van der Waals surface area (Å²) < 4.78 is 38.0. The molecule has 5 atom stereocenters. The van der Waals surface area contributed by atoms with Crippen molar-refractivity contribution in [3.8, 4) is 17.2 Å². The number of phenolic OH excluding ortho intramolecular Hbond substituents is 1. The number of ether oxygens (including phenoxy) is 7. The van der Waals surface area contributed by atoms with E-state index in [-0.39, 0.29) is 23.5 Å². The molecule has 226 valence electrons. The zero-order chi connectivity index (χ0) is 31.0. The average Bonchev–Trinajstić information content (AvgIpc) is 2.90. The number of Topliss-reactive ketones (excluding diaryl/α,β-unsaturated/α-hetero) is 1. The van der Waals surface area contributed by atoms with Gasteiger partial charge in [0.15, 0.2) is 18.0 Å². The monoisotopic (exact) mass is 588 g/mol. The standard InChI is InChI=1S/C29H32O13/c1-15(30)37-14-25-26(38-16(2)31)27(39-17(3)32)28(40-18(4)33)29(42-25)41-21-10-11-22(24(35)13-21)23(34)12-19-6-8-20(36-5)9-7-19/h6-11,13,25-29,35H,12,14H2,1-5H3. The molecule has 42 heavy (non-hydrogen) atoms. The molecule has 13 heteroatoms. The molecule has 0 radical (unpaired) electrons. The molecule has 0 amide bonds. The van der Waals surface area contributed by atoms with Crippen LogP contribution in [0, 0.1) is 0 Å². The first-order valence-electron chi connectivity index (χ1n) is 12.8. The molecule has 1 aliphatic rings. The van der Waals surface area contributed by atoms with Gasteiger partial charge < -0.3 is 38.3 Å². The van der Waals surface area contributed by atoms with Gasteiger partial charge >= 0.3 is 23.9 Å². The molecule has 2 aromatic rings. The summed E-state index contributed by atoms with van der Waals surface area (Å²) in [5.74, 6) is -3.14. The Bertz CT molecular complexity index is 1300. The first-order chi connectivity index (χ1) is 19.9. The van der Waals surface area contributed by atoms with Crippen LogP contribution in [0.1, 0.15) is 43.6 Å². The van der Waals surface area contributed by atoms with Gasteiger partial charge in [-0.2, -0.15) is 0 Å². The molecule has 0 saturated carbocycles. The Morgan fingerprint density at radius 2 is 1.33 bits per heavy atom. The lowest BCUT2D eigenvalue weighted by Crippen LogP contribution is -2.63. The zero-order valence-corrected chi connectivity index (χ0v) is 23.7. The van der Waals surface area contributed by atoms with Crippen molar-refractivity contribution in [3.05, 3.63) is 53.6 Å². The SMILES string of the molecule is COc1ccc(CC(=O)c2ccc(OC3OC(COC(C)=O)C(OC(C)=O)C(OC(C)=O)C3OC(C)=O)cc2O)cc1. The topological polar surface area (TPSA) is 170 Å². The number of carbonyl (C=O) groups excluding carboxylic acids is 5. The van der Waals surface area contributed by atoms with E-state index in [4.69, 9.17) is 33.2 Å². The Morgan fingerprint density at radius 3 is 1.88 bits per heavy atom. The largest absolute Gasteiger partial charge is 0.507 e. The van der Waals surface area contributed by atoms with E-state index in [0.29, 0.717) is 11.3 Å². The molecule has 3 rings (SSSR count). The van der Waals surface area contributed by atoms with E-state index in [1.807, 2.05) is 0 Å². The second-order valence-electron chi connectivity index (χ2n) is 9.31. The molecule has 1 heterocycles. The third kappa shape index (κ3) is 8.67. The van der Waals surface area contributed by atoms with Crippen LogP contribution in [0.15, 0.2) is 42.5 Å². The first-order valence-corrected chi connectivity index (χ1v) is 12.8. The van der Waals surface area contributed by atoms with Gasteiger partial charge in [0.05, 0.1) is 12.7 Å². The highest BCUT2D eigenvalue weighted by Crippen LogP contribution is 2.33. The minimum absolute atomic E-state index is 0.00519. The highest BCUT2D eigenvalue weighted by molar-refractivity contribution is 6.00. The molecule has 5 unspecified atom stereocenters. The van der Waals surface area contributed by atoms with Crippen LogP contribution >= 0.6 is 0 Å². The smallest absolute Gasteiger partial charge is 0.303 e. The summed E-state index contributed by atoms with van der Waals surface area (Å²) in [5.41, 5.74) is 0.734. The minimum Gasteiger partial charge on any atom is -0.507 e. The van der Waals surface area contributed by atoms with Gasteiger partial charge in [0, 0.05) is 40.2 Å². The number of carbonyl (C=O) groups is 5. The normalized spacial score (nSPS) is 21.4. The molecule has 0 aromatic heterocycles. The molecule has 1 aliphatic heterocycles. The predicted molar refractivity (Wildman–Crippen MR) is 142 cm³/mol. The molecular weight excluding hydrogens is 556 g/mol. The number of hydrogen-bond donors (Lipinski definition) is 1. The summed E-state index contributed by atoms with van der Waals surface area (Å²) in [6.07, 6.45) is -6.92. The van der Waals surface area contributed by atoms with Crippen LogP contribution in [-0.4, -0.2) is 79.2 Å². The summed E-state index contributed by atoms with van der Waals surface area (Å²) in [6, 6.07) is 10.8. The number of methoxy groups -OCH3 is 1. The fourth-order valence-corrected chi connectivity index (χ4v) is 4.26. The van der Waals surface area contributed by atoms with Crippen LogP contribution in [0.4, 0.5) is 0 Å². The van der Waals surface area contributed by atoms with Crippen LogP contribution in [0.3, 0.4) is 0 Å². The fraction of sp³-hybridized carbons (Fsp3) is 0.414. The average molecular weight is 589 g/mol. The zero-order valence-electron chi connectivity index (χ0n) is 23.7. The maximum Gasteiger partial charge on any atom is 0.303 e. The minimum atomic E-state index is -1.49. The second-order valence-corrected chi connectivity index (χ2v) is 9.31. The van der Waals surface area contributed by atoms with Crippen molar-refractivity contribution in [2.24, 2.45) is 0 Å². The highest BCUT2D eigenvalue weighted by atomic mass is 16.7. The Morgan fingerprint density at radius 1 is 0.762 bits per heavy atom. The maximum absolute atomic E-state index is 12.9. The van der Waals surface area contributed by atoms with E-state index >= 15 is 0 Å². The van der Waals surface area contributed by atoms with Crippen molar-refractivity contribution < 1.29 is 62.2 Å². The van der Waals surface area contributed by atoms with Gasteiger partial charge in [-0.3, -0.25) is 24.0 Å². The number of esters is 4. The second kappa shape index (κ2) is 14.3. The summed E-state index contributed by atoms with van der Waals surface area (Å²) in [6.45, 7) is 4.03. The van der Waals surface area contributed by atoms with Crippen LogP contribution in [-0.2, 0) is 49.3 Å². The Kier molecular flexibility index (Phi) is 10.9. The van der Waals surface area contributed by atoms with Crippen LogP contribution in [0.25, 0.3) is 0 Å². The quantitative estimate of drug-likeness (QED) is 0.231. The van der Waals surface area contributed by atoms with E-state index < -0.39 is 66.9 Å². The molecule has 2 aromatic carbocycles. The summed E-state index contributed by atoms with van der Waals surface area (Å²) >= 11 is 0. The predicted octanol–water partition coefficient (Wildman–Crippen LogP) is 2.29. The number of phenols is 1. The van der Waals surface area contributed by atoms with E-state index in [0.717, 1.165) is 33.8 Å². The molecule has 1 fully saturated rings. The Hall–Kier alpha value is -4.65. The lowest BCUT2D eigenvalue weighted by atomic mass is 9.98. The van der Waals surface area contributed by atoms with E-state index in [2.05, 4.69) is 0 Å². The van der Waals surface area contributed by atoms with E-state index in [9.17, 15) is 29.1 Å². The van der Waals surface area contributed by atoms with Crippen LogP contribution in [0.5, 0.6) is 17.2 Å². The summed E-state index contributed by atoms with van der Waals surface area (Å²) in [4.78, 5) is 60.2. The van der Waals surface area contributed by atoms with Crippen molar-refractivity contribution >= 4 is 29.7 Å². The Labute approximate surface area is 241 Å². The van der Waals surface area contributed by atoms with E-state index in [1.165, 1.54) is 19.2 Å². The van der Waals surface area contributed by atoms with Gasteiger partial charge in [0.2, 0.25) is 12.4 Å². The molecule has 0 spiro atoms. The lowest BCUT2D eigenvalue weighted by molar-refractivity contribution is -0.288. The highest BCUT2D eigenvalue weighted by Gasteiger charge is 2.53. The van der Waals surface area contributed by atoms with Crippen molar-refractivity contribution in [2.75, 3.05) is 13.7 Å². The summed E-state index contributed by atoms with van der Waals surface area (Å²) in [7, 11) is 1.53. The van der Waals surface area contributed by atoms with E-state index in [1.54, 1.807) is 24.3 Å². The van der Waals surface area contributed by atoms with Gasteiger partial charge in [0.25, 0.3) is 0 Å². The molecule has 1 saturated heterocycles. The van der Waals surface area contributed by atoms with Crippen molar-refractivity contribution in [2.45, 2.75) is 64.8 Å². The number of hydrogen-bond acceptors (Lipinski definition) is 13. The molecule has 1 N–H and O–H groups in total. The lowest BCUT2D eigenvalue weighted by Gasteiger charge is -2.43. The molecular formula is C29H32O13. The third-order valence-corrected chi connectivity index (χ3v) is 5.99. The van der Waals surface area contributed by atoms with Crippen LogP contribution in [0.2, 0.25) is 0 Å². The number of aromatic hydroxyl groups is 1. The van der Waals surface area contributed by atoms with Gasteiger partial charge in [-0.15, -0.1) is 0 Å². The van der Waals surface area contributed by atoms with Gasteiger partial charge in [-0.1, -0.05) is 12.1 Å². The van der Waals surface area contributed by atoms with Crippen molar-refractivity contribution in [1.29, 1.82) is 0 Å². The van der Waals surface area contributed by atoms with Crippen LogP contribution < -0.4 is 9.47 Å². The number of benzene rings is 2. The Balaban J connectivity index is 1.89. The molecule has 0 aliphatic carbocycles. The maximum atomic E-state index is 12.9. The summed E-state index contributed by atoms with van der Waals surface area (Å²) in [5, 5.41) is 10.6.